The summed E-state index contributed by atoms with van der Waals surface area (Å²) in [7, 11) is 1.66. The molecule has 10 N–H and O–H groups in total. The number of aliphatic hydroxyl groups excluding tert-OH is 4. The quantitative estimate of drug-likeness (QED) is 0.102. The number of methoxy groups -OCH3 is 1. The second-order valence-corrected chi connectivity index (χ2v) is 21.3. The molecule has 5 aliphatic carbocycles. The van der Waals surface area contributed by atoms with Crippen LogP contribution in [0.2, 0.25) is 0 Å². The highest BCUT2D eigenvalue weighted by Gasteiger charge is 2.50. The number of piperidine rings is 2. The fraction of sp³-hybridized carbons (Fsp3) is 0.880. The second-order valence-electron chi connectivity index (χ2n) is 21.3. The fourth-order valence-electron chi connectivity index (χ4n) is 13.8. The van der Waals surface area contributed by atoms with Crippen molar-refractivity contribution >= 4 is 11.6 Å². The predicted molar refractivity (Wildman–Crippen MR) is 232 cm³/mol. The van der Waals surface area contributed by atoms with Gasteiger partial charge in [0.25, 0.3) is 0 Å². The third-order valence-corrected chi connectivity index (χ3v) is 17.5. The molecule has 7 aliphatic rings. The van der Waals surface area contributed by atoms with Gasteiger partial charge in [-0.2, -0.15) is 0 Å². The van der Waals surface area contributed by atoms with Gasteiger partial charge in [0.15, 0.2) is 5.78 Å². The van der Waals surface area contributed by atoms with Crippen molar-refractivity contribution in [1.82, 2.24) is 0 Å². The molecule has 4 saturated carbocycles. The summed E-state index contributed by atoms with van der Waals surface area (Å²) in [6.45, 7) is 2.17. The Kier molecular flexibility index (Phi) is 16.8. The molecule has 7 rings (SSSR count). The molecule has 0 radical (unpaired) electrons. The van der Waals surface area contributed by atoms with Gasteiger partial charge in [0, 0.05) is 57.2 Å². The van der Waals surface area contributed by atoms with E-state index in [4.69, 9.17) is 10.5 Å². The van der Waals surface area contributed by atoms with Gasteiger partial charge >= 0.3 is 0 Å². The maximum atomic E-state index is 14.4. The van der Waals surface area contributed by atoms with Crippen molar-refractivity contribution < 1.29 is 45.4 Å². The molecule has 1 spiro atoms. The molecule has 338 valence electrons. The zero-order valence-corrected chi connectivity index (χ0v) is 37.0. The Morgan fingerprint density at radius 3 is 2.52 bits per heavy atom. The molecule has 2 aliphatic heterocycles. The molecular weight excluding hydrogens is 755 g/mol. The van der Waals surface area contributed by atoms with Gasteiger partial charge in [0.05, 0.1) is 50.0 Å². The number of allylic oxidation sites excluding steroid dienone is 2. The maximum absolute atomic E-state index is 14.4. The standard InChI is InChI=1S/C50H81N3O7/c1-60-46-27-38-11-14-47(58)50(19-15-33(24-48(50)59)23-37(18-22-54)40-25-39-10-13-42(56)29-44(39)53-31-40)20-16-34(43(38)30-45(46)57)9-12-41(55)26-35(36-17-21-52-49(51)28-36)8-7-32-5-3-2-4-6-32/h7-8,32-41,43-46,48-49,52-55,57,59H,2-6,9-15,17-19,21-31,51H2,1H3/p+2. The maximum Gasteiger partial charge on any atom is 0.153 e. The number of nitrogens with two attached hydrogens (primary N) is 3. The number of hydrogen-bond donors (Lipinski definition) is 7. The van der Waals surface area contributed by atoms with Gasteiger partial charge in [-0.1, -0.05) is 43.3 Å². The number of ether oxygens (including phenoxy) is 1. The highest BCUT2D eigenvalue weighted by Crippen LogP contribution is 2.48. The summed E-state index contributed by atoms with van der Waals surface area (Å²) in [6, 6.07) is 0.408. The summed E-state index contributed by atoms with van der Waals surface area (Å²) in [5.74, 6) is 10.8. The minimum Gasteiger partial charge on any atom is -0.396 e. The molecular formula is C50H83N3O7+2. The highest BCUT2D eigenvalue weighted by molar-refractivity contribution is 5.89. The molecule has 6 fully saturated rings. The third kappa shape index (κ3) is 11.5. The number of aliphatic hydroxyl groups is 4. The average molecular weight is 838 g/mol. The van der Waals surface area contributed by atoms with Crippen molar-refractivity contribution in [1.29, 1.82) is 0 Å². The summed E-state index contributed by atoms with van der Waals surface area (Å²) in [4.78, 5) is 26.5. The van der Waals surface area contributed by atoms with Crippen LogP contribution in [-0.2, 0) is 14.3 Å². The van der Waals surface area contributed by atoms with Crippen LogP contribution in [0, 0.1) is 76.4 Å². The van der Waals surface area contributed by atoms with Gasteiger partial charge in [0.2, 0.25) is 0 Å². The zero-order valence-electron chi connectivity index (χ0n) is 37.0. The number of Topliss-reactive ketones (excluding diaryl/α,β-unsaturated/α-hetero) is 2. The van der Waals surface area contributed by atoms with Crippen LogP contribution >= 0.6 is 0 Å². The lowest BCUT2D eigenvalue weighted by molar-refractivity contribution is -0.712. The first-order valence-electron chi connectivity index (χ1n) is 24.9. The molecule has 0 aromatic carbocycles. The Morgan fingerprint density at radius 2 is 1.75 bits per heavy atom. The minimum atomic E-state index is -1.10. The van der Waals surface area contributed by atoms with Crippen LogP contribution in [0.4, 0.5) is 0 Å². The number of carbonyl (C=O) groups excluding carboxylic acids is 2. The van der Waals surface area contributed by atoms with Gasteiger partial charge in [0.1, 0.15) is 17.4 Å². The molecule has 0 amide bonds. The molecule has 10 heteroatoms. The van der Waals surface area contributed by atoms with Gasteiger partial charge in [-0.25, -0.2) is 0 Å². The van der Waals surface area contributed by atoms with E-state index in [0.29, 0.717) is 112 Å². The number of hydrogen-bond acceptors (Lipinski definition) is 8. The summed E-state index contributed by atoms with van der Waals surface area (Å²) in [6.07, 6.45) is 22.7. The summed E-state index contributed by atoms with van der Waals surface area (Å²) < 4.78 is 5.75. The lowest BCUT2D eigenvalue weighted by Crippen LogP contribution is -2.95. The summed E-state index contributed by atoms with van der Waals surface area (Å²) >= 11 is 0. The van der Waals surface area contributed by atoms with Crippen molar-refractivity contribution in [3.8, 4) is 11.8 Å². The Hall–Kier alpha value is -1.68. The van der Waals surface area contributed by atoms with Crippen LogP contribution in [-0.4, -0.2) is 95.4 Å². The zero-order chi connectivity index (χ0) is 42.2. The van der Waals surface area contributed by atoms with Gasteiger partial charge < -0.3 is 35.8 Å². The van der Waals surface area contributed by atoms with Crippen LogP contribution in [0.25, 0.3) is 0 Å². The van der Waals surface area contributed by atoms with Crippen molar-refractivity contribution in [3.05, 3.63) is 12.2 Å². The van der Waals surface area contributed by atoms with E-state index >= 15 is 0 Å². The largest absolute Gasteiger partial charge is 0.396 e. The first-order valence-corrected chi connectivity index (χ1v) is 24.9. The molecule has 16 atom stereocenters. The van der Waals surface area contributed by atoms with E-state index in [1.54, 1.807) is 7.11 Å². The van der Waals surface area contributed by atoms with Gasteiger partial charge in [-0.3, -0.25) is 15.3 Å². The summed E-state index contributed by atoms with van der Waals surface area (Å²) in [5, 5.41) is 49.9. The van der Waals surface area contributed by atoms with Crippen LogP contribution < -0.4 is 16.4 Å². The molecule has 0 bridgehead atoms. The van der Waals surface area contributed by atoms with E-state index in [1.807, 2.05) is 0 Å². The minimum absolute atomic E-state index is 0.0580. The smallest absolute Gasteiger partial charge is 0.153 e. The lowest BCUT2D eigenvalue weighted by atomic mass is 9.63. The van der Waals surface area contributed by atoms with Crippen LogP contribution in [0.1, 0.15) is 148 Å². The molecule has 2 heterocycles. The van der Waals surface area contributed by atoms with E-state index in [1.165, 1.54) is 32.1 Å². The van der Waals surface area contributed by atoms with Crippen molar-refractivity contribution in [2.24, 2.45) is 70.3 Å². The van der Waals surface area contributed by atoms with Crippen LogP contribution in [0.15, 0.2) is 12.2 Å². The van der Waals surface area contributed by atoms with E-state index in [9.17, 15) is 30.0 Å². The topological polar surface area (TPSA) is 184 Å². The van der Waals surface area contributed by atoms with Crippen molar-refractivity contribution in [2.75, 3.05) is 26.8 Å². The molecule has 60 heavy (non-hydrogen) atoms. The number of quaternary nitrogens is 2. The highest BCUT2D eigenvalue weighted by atomic mass is 16.5. The monoisotopic (exact) mass is 838 g/mol. The number of fused-ring (bicyclic) bond motifs is 2. The normalized spacial score (nSPS) is 41.0. The summed E-state index contributed by atoms with van der Waals surface area (Å²) in [5.41, 5.74) is 5.35. The number of carbonyl (C=O) groups is 2. The lowest BCUT2D eigenvalue weighted by Gasteiger charge is -2.43. The van der Waals surface area contributed by atoms with E-state index in [2.05, 4.69) is 34.6 Å². The van der Waals surface area contributed by atoms with E-state index < -0.39 is 23.7 Å². The third-order valence-electron chi connectivity index (χ3n) is 17.5. The fourth-order valence-corrected chi connectivity index (χ4v) is 13.8. The SMILES string of the molecule is COC1CC2CCC(=O)C3(C#CC(CCC(O)CC(C=CC4CCCCC4)C4CC[NH2+]C(N)C4)C2CC1O)CCC(CC(CCO)C1C[NH2+]C2CC(=O)CCC2C1)CC3O. The molecule has 10 nitrogen and oxygen atoms in total. The van der Waals surface area contributed by atoms with Gasteiger partial charge in [-0.15, -0.1) is 0 Å². The number of rotatable bonds is 14. The molecule has 16 unspecified atom stereocenters. The van der Waals surface area contributed by atoms with Crippen molar-refractivity contribution in [3.63, 3.8) is 0 Å². The molecule has 2 saturated heterocycles. The van der Waals surface area contributed by atoms with Crippen LogP contribution in [0.3, 0.4) is 0 Å². The predicted octanol–water partition coefficient (Wildman–Crippen LogP) is 3.77. The Balaban J connectivity index is 1.05. The van der Waals surface area contributed by atoms with Crippen LogP contribution in [0.5, 0.6) is 0 Å². The first kappa shape index (κ1) is 46.3. The van der Waals surface area contributed by atoms with E-state index in [-0.39, 0.29) is 54.2 Å². The molecule has 0 aromatic rings. The molecule has 0 aromatic heterocycles. The Labute approximate surface area is 361 Å². The average Bonchev–Trinajstić information content (AvgIpc) is 3.30. The Bertz CT molecular complexity index is 1490. The van der Waals surface area contributed by atoms with E-state index in [0.717, 1.165) is 58.0 Å². The van der Waals surface area contributed by atoms with Crippen molar-refractivity contribution in [2.45, 2.75) is 184 Å². The second kappa shape index (κ2) is 21.8. The van der Waals surface area contributed by atoms with Gasteiger partial charge in [-0.05, 0) is 138 Å². The Morgan fingerprint density at radius 1 is 0.933 bits per heavy atom. The first-order chi connectivity index (χ1) is 29.0. The number of ketones is 2.